The standard InChI is InChI=1S/C29H31NO7/c1-18(31)37-28(19-9-7-6-8-10-19)29(32)30-14-13-20-15-25(35-4)26(36-5)17-22(20)27(30)21-11-12-23(33-2)24(16-21)34-3/h6-12,15-17,27-28H,13-14H2,1-5H3/t27-,28+/m0/s1. The van der Waals surface area contributed by atoms with Crippen molar-refractivity contribution in [2.45, 2.75) is 25.5 Å². The van der Waals surface area contributed by atoms with E-state index < -0.39 is 18.1 Å². The Bertz CT molecular complexity index is 1270. The second-order valence-corrected chi connectivity index (χ2v) is 8.60. The van der Waals surface area contributed by atoms with Crippen molar-refractivity contribution in [3.8, 4) is 23.0 Å². The number of hydrogen-bond acceptors (Lipinski definition) is 7. The zero-order valence-electron chi connectivity index (χ0n) is 21.6. The van der Waals surface area contributed by atoms with Gasteiger partial charge in [-0.15, -0.1) is 0 Å². The number of carbonyl (C=O) groups is 2. The summed E-state index contributed by atoms with van der Waals surface area (Å²) in [5.74, 6) is 1.44. The van der Waals surface area contributed by atoms with Crippen LogP contribution < -0.4 is 18.9 Å². The zero-order valence-corrected chi connectivity index (χ0v) is 21.6. The molecular formula is C29H31NO7. The van der Waals surface area contributed by atoms with Gasteiger partial charge in [0.1, 0.15) is 0 Å². The molecule has 0 fully saturated rings. The number of amides is 1. The zero-order chi connectivity index (χ0) is 26.5. The Morgan fingerprint density at radius 3 is 2.05 bits per heavy atom. The number of rotatable bonds is 8. The average Bonchev–Trinajstić information content (AvgIpc) is 2.94. The summed E-state index contributed by atoms with van der Waals surface area (Å²) >= 11 is 0. The first-order valence-corrected chi connectivity index (χ1v) is 11.9. The number of nitrogens with zero attached hydrogens (tertiary/aromatic N) is 1. The lowest BCUT2D eigenvalue weighted by Gasteiger charge is -2.39. The van der Waals surface area contributed by atoms with Crippen LogP contribution in [0.25, 0.3) is 0 Å². The van der Waals surface area contributed by atoms with Gasteiger partial charge in [-0.1, -0.05) is 36.4 Å². The number of benzene rings is 3. The van der Waals surface area contributed by atoms with Crippen molar-refractivity contribution in [1.29, 1.82) is 0 Å². The van der Waals surface area contributed by atoms with Crippen LogP contribution in [0.15, 0.2) is 60.7 Å². The first-order chi connectivity index (χ1) is 17.9. The van der Waals surface area contributed by atoms with Crippen molar-refractivity contribution in [2.24, 2.45) is 0 Å². The lowest BCUT2D eigenvalue weighted by molar-refractivity contribution is -0.160. The molecule has 0 saturated carbocycles. The molecule has 3 aromatic carbocycles. The van der Waals surface area contributed by atoms with Gasteiger partial charge in [0.25, 0.3) is 5.91 Å². The highest BCUT2D eigenvalue weighted by Gasteiger charge is 2.38. The molecule has 0 N–H and O–H groups in total. The predicted octanol–water partition coefficient (Wildman–Crippen LogP) is 4.50. The second kappa shape index (κ2) is 11.2. The van der Waals surface area contributed by atoms with Crippen LogP contribution in [0.1, 0.15) is 41.3 Å². The van der Waals surface area contributed by atoms with E-state index in [0.29, 0.717) is 41.5 Å². The Morgan fingerprint density at radius 1 is 0.811 bits per heavy atom. The molecule has 0 aromatic heterocycles. The van der Waals surface area contributed by atoms with Crippen LogP contribution in [0.3, 0.4) is 0 Å². The number of methoxy groups -OCH3 is 4. The fourth-order valence-corrected chi connectivity index (χ4v) is 4.77. The van der Waals surface area contributed by atoms with E-state index in [4.69, 9.17) is 23.7 Å². The molecule has 0 radical (unpaired) electrons. The third-order valence-electron chi connectivity index (χ3n) is 6.49. The third-order valence-corrected chi connectivity index (χ3v) is 6.49. The fraction of sp³-hybridized carbons (Fsp3) is 0.310. The van der Waals surface area contributed by atoms with E-state index >= 15 is 0 Å². The van der Waals surface area contributed by atoms with E-state index in [-0.39, 0.29) is 5.91 Å². The lowest BCUT2D eigenvalue weighted by atomic mass is 9.86. The van der Waals surface area contributed by atoms with Gasteiger partial charge in [-0.2, -0.15) is 0 Å². The van der Waals surface area contributed by atoms with Gasteiger partial charge in [0.05, 0.1) is 34.5 Å². The van der Waals surface area contributed by atoms with Crippen LogP contribution in [0, 0.1) is 0 Å². The van der Waals surface area contributed by atoms with E-state index in [9.17, 15) is 9.59 Å². The Labute approximate surface area is 216 Å². The van der Waals surface area contributed by atoms with E-state index in [1.807, 2.05) is 48.5 Å². The Morgan fingerprint density at radius 2 is 1.43 bits per heavy atom. The quantitative estimate of drug-likeness (QED) is 0.417. The minimum Gasteiger partial charge on any atom is -0.493 e. The second-order valence-electron chi connectivity index (χ2n) is 8.60. The molecule has 8 nitrogen and oxygen atoms in total. The SMILES string of the molecule is COc1ccc([C@H]2c3cc(OC)c(OC)cc3CCN2C(=O)[C@H](OC(C)=O)c2ccccc2)cc1OC. The monoisotopic (exact) mass is 505 g/mol. The minimum atomic E-state index is -1.08. The number of ether oxygens (including phenoxy) is 5. The van der Waals surface area contributed by atoms with Crippen molar-refractivity contribution in [3.05, 3.63) is 82.9 Å². The van der Waals surface area contributed by atoms with Gasteiger partial charge in [-0.3, -0.25) is 9.59 Å². The molecule has 0 aliphatic carbocycles. The molecule has 0 spiro atoms. The molecule has 1 aliphatic heterocycles. The molecule has 37 heavy (non-hydrogen) atoms. The highest BCUT2D eigenvalue weighted by molar-refractivity contribution is 5.86. The molecule has 2 atom stereocenters. The molecule has 8 heteroatoms. The Hall–Kier alpha value is -4.20. The highest BCUT2D eigenvalue weighted by atomic mass is 16.5. The number of hydrogen-bond donors (Lipinski definition) is 0. The highest BCUT2D eigenvalue weighted by Crippen LogP contribution is 2.43. The third kappa shape index (κ3) is 5.18. The van der Waals surface area contributed by atoms with Crippen molar-refractivity contribution < 1.29 is 33.3 Å². The topological polar surface area (TPSA) is 83.5 Å². The van der Waals surface area contributed by atoms with E-state index in [1.165, 1.54) is 6.92 Å². The normalized spacial score (nSPS) is 15.3. The summed E-state index contributed by atoms with van der Waals surface area (Å²) in [6.07, 6.45) is -0.490. The number of fused-ring (bicyclic) bond motifs is 1. The maximum absolute atomic E-state index is 14.1. The van der Waals surface area contributed by atoms with Gasteiger partial charge in [0.2, 0.25) is 6.10 Å². The molecule has 0 saturated heterocycles. The first-order valence-electron chi connectivity index (χ1n) is 11.9. The molecule has 194 valence electrons. The van der Waals surface area contributed by atoms with E-state index in [0.717, 1.165) is 16.7 Å². The largest absolute Gasteiger partial charge is 0.493 e. The van der Waals surface area contributed by atoms with Gasteiger partial charge in [0, 0.05) is 19.0 Å². The summed E-state index contributed by atoms with van der Waals surface area (Å²) in [6, 6.07) is 18.0. The Balaban J connectivity index is 1.87. The van der Waals surface area contributed by atoms with E-state index in [1.54, 1.807) is 45.5 Å². The molecule has 1 heterocycles. The Kier molecular flexibility index (Phi) is 7.86. The molecule has 3 aromatic rings. The molecule has 0 unspecified atom stereocenters. The van der Waals surface area contributed by atoms with Gasteiger partial charge in [-0.05, 0) is 47.4 Å². The minimum absolute atomic E-state index is 0.318. The van der Waals surface area contributed by atoms with Gasteiger partial charge >= 0.3 is 5.97 Å². The van der Waals surface area contributed by atoms with Gasteiger partial charge in [-0.25, -0.2) is 0 Å². The molecule has 1 aliphatic rings. The predicted molar refractivity (Wildman–Crippen MR) is 137 cm³/mol. The van der Waals surface area contributed by atoms with Crippen LogP contribution in [0.2, 0.25) is 0 Å². The van der Waals surface area contributed by atoms with E-state index in [2.05, 4.69) is 0 Å². The van der Waals surface area contributed by atoms with Crippen molar-refractivity contribution in [3.63, 3.8) is 0 Å². The average molecular weight is 506 g/mol. The summed E-state index contributed by atoms with van der Waals surface area (Å²) in [6.45, 7) is 1.71. The number of carbonyl (C=O) groups excluding carboxylic acids is 2. The molecular weight excluding hydrogens is 474 g/mol. The molecule has 0 bridgehead atoms. The first kappa shape index (κ1) is 25.9. The summed E-state index contributed by atoms with van der Waals surface area (Å²) in [7, 11) is 6.31. The smallest absolute Gasteiger partial charge is 0.303 e. The van der Waals surface area contributed by atoms with Gasteiger partial charge < -0.3 is 28.6 Å². The summed E-state index contributed by atoms with van der Waals surface area (Å²) < 4.78 is 27.7. The summed E-state index contributed by atoms with van der Waals surface area (Å²) in [4.78, 5) is 27.9. The van der Waals surface area contributed by atoms with Crippen LogP contribution in [-0.2, 0) is 20.7 Å². The van der Waals surface area contributed by atoms with Crippen LogP contribution >= 0.6 is 0 Å². The lowest BCUT2D eigenvalue weighted by Crippen LogP contribution is -2.44. The van der Waals surface area contributed by atoms with Crippen molar-refractivity contribution in [2.75, 3.05) is 35.0 Å². The molecule has 1 amide bonds. The molecule has 4 rings (SSSR count). The fourth-order valence-electron chi connectivity index (χ4n) is 4.77. The summed E-state index contributed by atoms with van der Waals surface area (Å²) in [5, 5.41) is 0. The van der Waals surface area contributed by atoms with Crippen LogP contribution in [0.5, 0.6) is 23.0 Å². The maximum atomic E-state index is 14.1. The van der Waals surface area contributed by atoms with Crippen LogP contribution in [0.4, 0.5) is 0 Å². The van der Waals surface area contributed by atoms with Gasteiger partial charge in [0.15, 0.2) is 23.0 Å². The van der Waals surface area contributed by atoms with Crippen molar-refractivity contribution in [1.82, 2.24) is 4.90 Å². The summed E-state index contributed by atoms with van der Waals surface area (Å²) in [5.41, 5.74) is 3.34. The maximum Gasteiger partial charge on any atom is 0.303 e. The van der Waals surface area contributed by atoms with Crippen LogP contribution in [-0.4, -0.2) is 51.8 Å². The van der Waals surface area contributed by atoms with Crippen molar-refractivity contribution >= 4 is 11.9 Å². The number of esters is 1.